The van der Waals surface area contributed by atoms with Gasteiger partial charge in [0.15, 0.2) is 11.6 Å². The number of carbonyl (C=O) groups is 4. The molecule has 0 N–H and O–H groups in total. The summed E-state index contributed by atoms with van der Waals surface area (Å²) in [7, 11) is 0. The summed E-state index contributed by atoms with van der Waals surface area (Å²) in [6, 6.07) is 5.98. The first-order valence-corrected chi connectivity index (χ1v) is 8.22. The highest BCUT2D eigenvalue weighted by Crippen LogP contribution is 2.09. The number of ketones is 2. The van der Waals surface area contributed by atoms with E-state index in [1.165, 1.54) is 30.4 Å². The van der Waals surface area contributed by atoms with Crippen LogP contribution < -0.4 is 0 Å². The molecule has 1 aromatic rings. The van der Waals surface area contributed by atoms with E-state index < -0.39 is 11.9 Å². The summed E-state index contributed by atoms with van der Waals surface area (Å²) >= 11 is 0. The highest BCUT2D eigenvalue weighted by Gasteiger charge is 2.13. The van der Waals surface area contributed by atoms with Crippen LogP contribution in [-0.4, -0.2) is 36.7 Å². The highest BCUT2D eigenvalue weighted by molar-refractivity contribution is 5.95. The predicted molar refractivity (Wildman–Crippen MR) is 95.9 cm³/mol. The number of esters is 2. The molecule has 0 bridgehead atoms. The fourth-order valence-electron chi connectivity index (χ4n) is 1.97. The number of carbonyl (C=O) groups excluding carboxylic acids is 4. The van der Waals surface area contributed by atoms with Crippen molar-refractivity contribution in [2.45, 2.75) is 25.7 Å². The maximum Gasteiger partial charge on any atom is 0.338 e. The van der Waals surface area contributed by atoms with Crippen molar-refractivity contribution < 1.29 is 28.7 Å². The summed E-state index contributed by atoms with van der Waals surface area (Å²) in [6.45, 7) is 6.93. The van der Waals surface area contributed by atoms with Crippen LogP contribution in [0.3, 0.4) is 0 Å². The third-order valence-electron chi connectivity index (χ3n) is 3.39. The lowest BCUT2D eigenvalue weighted by Crippen LogP contribution is -2.11. The smallest absolute Gasteiger partial charge is 0.338 e. The van der Waals surface area contributed by atoms with Crippen molar-refractivity contribution >= 4 is 23.5 Å². The molecule has 26 heavy (non-hydrogen) atoms. The average Bonchev–Trinajstić information content (AvgIpc) is 2.67. The molecule has 6 heteroatoms. The fourth-order valence-corrected chi connectivity index (χ4v) is 1.97. The van der Waals surface area contributed by atoms with E-state index in [4.69, 9.17) is 9.47 Å². The normalized spacial score (nSPS) is 9.85. The van der Waals surface area contributed by atoms with Gasteiger partial charge in [0.2, 0.25) is 0 Å². The Balaban J connectivity index is 2.47. The summed E-state index contributed by atoms with van der Waals surface area (Å²) in [6.07, 6.45) is 3.78. The van der Waals surface area contributed by atoms with Crippen LogP contribution in [0, 0.1) is 0 Å². The summed E-state index contributed by atoms with van der Waals surface area (Å²) in [5, 5.41) is 0. The van der Waals surface area contributed by atoms with Gasteiger partial charge in [-0.2, -0.15) is 0 Å². The Kier molecular flexibility index (Phi) is 9.31. The van der Waals surface area contributed by atoms with Crippen LogP contribution in [0.2, 0.25) is 0 Å². The molecule has 0 fully saturated rings. The van der Waals surface area contributed by atoms with Gasteiger partial charge in [-0.05, 0) is 43.2 Å². The third-order valence-corrected chi connectivity index (χ3v) is 3.39. The molecule has 1 rings (SSSR count). The van der Waals surface area contributed by atoms with Crippen molar-refractivity contribution in [3.05, 3.63) is 60.7 Å². The minimum absolute atomic E-state index is 0.102. The van der Waals surface area contributed by atoms with Crippen LogP contribution in [0.1, 0.15) is 46.4 Å². The van der Waals surface area contributed by atoms with Crippen LogP contribution in [0.25, 0.3) is 0 Å². The lowest BCUT2D eigenvalue weighted by Gasteiger charge is -2.07. The summed E-state index contributed by atoms with van der Waals surface area (Å²) in [5.74, 6) is -1.38. The van der Waals surface area contributed by atoms with Crippen LogP contribution >= 0.6 is 0 Å². The van der Waals surface area contributed by atoms with Gasteiger partial charge in [0.1, 0.15) is 0 Å². The second-order valence-electron chi connectivity index (χ2n) is 5.40. The van der Waals surface area contributed by atoms with Crippen LogP contribution in [0.4, 0.5) is 0 Å². The molecule has 0 aliphatic rings. The maximum absolute atomic E-state index is 12.0. The van der Waals surface area contributed by atoms with E-state index in [1.807, 2.05) is 0 Å². The maximum atomic E-state index is 12.0. The first kappa shape index (κ1) is 21.0. The van der Waals surface area contributed by atoms with E-state index in [9.17, 15) is 19.2 Å². The van der Waals surface area contributed by atoms with E-state index >= 15 is 0 Å². The summed E-state index contributed by atoms with van der Waals surface area (Å²) in [4.78, 5) is 46.1. The summed E-state index contributed by atoms with van der Waals surface area (Å²) in [5.41, 5.74) is 0.438. The van der Waals surface area contributed by atoms with Gasteiger partial charge < -0.3 is 9.47 Å². The van der Waals surface area contributed by atoms with E-state index in [0.29, 0.717) is 12.8 Å². The van der Waals surface area contributed by atoms with E-state index in [-0.39, 0.29) is 48.7 Å². The number of hydrogen-bond acceptors (Lipinski definition) is 6. The Labute approximate surface area is 152 Å². The second kappa shape index (κ2) is 11.5. The molecule has 0 aromatic heterocycles. The predicted octanol–water partition coefficient (Wildman–Crippen LogP) is 3.07. The topological polar surface area (TPSA) is 86.7 Å². The lowest BCUT2D eigenvalue weighted by molar-refractivity contribution is -0.115. The Morgan fingerprint density at radius 1 is 0.808 bits per heavy atom. The Morgan fingerprint density at radius 3 is 1.62 bits per heavy atom. The molecule has 0 radical (unpaired) electrons. The van der Waals surface area contributed by atoms with Crippen molar-refractivity contribution in [3.8, 4) is 0 Å². The molecule has 6 nitrogen and oxygen atoms in total. The van der Waals surface area contributed by atoms with E-state index in [1.54, 1.807) is 6.07 Å². The summed E-state index contributed by atoms with van der Waals surface area (Å²) < 4.78 is 10.1. The van der Waals surface area contributed by atoms with Gasteiger partial charge in [-0.15, -0.1) is 0 Å². The highest BCUT2D eigenvalue weighted by atomic mass is 16.5. The molecule has 0 heterocycles. The molecule has 0 atom stereocenters. The molecular weight excluding hydrogens is 336 g/mol. The molecule has 0 amide bonds. The Bertz CT molecular complexity index is 634. The van der Waals surface area contributed by atoms with Gasteiger partial charge in [-0.3, -0.25) is 9.59 Å². The molecule has 0 saturated carbocycles. The molecule has 0 unspecified atom stereocenters. The van der Waals surface area contributed by atoms with Crippen molar-refractivity contribution in [2.24, 2.45) is 0 Å². The number of rotatable bonds is 12. The largest absolute Gasteiger partial charge is 0.462 e. The van der Waals surface area contributed by atoms with E-state index in [0.717, 1.165) is 0 Å². The molecule has 0 saturated heterocycles. The molecule has 0 aliphatic carbocycles. The number of benzene rings is 1. The van der Waals surface area contributed by atoms with E-state index in [2.05, 4.69) is 13.2 Å². The van der Waals surface area contributed by atoms with Crippen molar-refractivity contribution in [1.29, 1.82) is 0 Å². The Morgan fingerprint density at radius 2 is 1.23 bits per heavy atom. The van der Waals surface area contributed by atoms with Gasteiger partial charge in [-0.25, -0.2) is 9.59 Å². The van der Waals surface area contributed by atoms with Crippen LogP contribution in [0.15, 0.2) is 49.6 Å². The zero-order valence-corrected chi connectivity index (χ0v) is 14.6. The zero-order chi connectivity index (χ0) is 19.4. The van der Waals surface area contributed by atoms with Crippen molar-refractivity contribution in [2.75, 3.05) is 13.2 Å². The fraction of sp³-hybridized carbons (Fsp3) is 0.300. The second-order valence-corrected chi connectivity index (χ2v) is 5.40. The van der Waals surface area contributed by atoms with Crippen molar-refractivity contribution in [1.82, 2.24) is 0 Å². The Hall–Kier alpha value is -3.02. The molecule has 138 valence electrons. The molecule has 0 aliphatic heterocycles. The van der Waals surface area contributed by atoms with Gasteiger partial charge in [-0.1, -0.05) is 19.2 Å². The first-order chi connectivity index (χ1) is 12.5. The SMILES string of the molecule is C=CC(=O)CCCOC(=O)c1cccc(C(=O)OCCCC(=O)C=C)c1. The minimum atomic E-state index is -0.581. The van der Waals surface area contributed by atoms with Gasteiger partial charge in [0.25, 0.3) is 0 Å². The first-order valence-electron chi connectivity index (χ1n) is 8.22. The quantitative estimate of drug-likeness (QED) is 0.324. The zero-order valence-electron chi connectivity index (χ0n) is 14.6. The lowest BCUT2D eigenvalue weighted by atomic mass is 10.1. The van der Waals surface area contributed by atoms with Gasteiger partial charge >= 0.3 is 11.9 Å². The van der Waals surface area contributed by atoms with Gasteiger partial charge in [0, 0.05) is 12.8 Å². The van der Waals surface area contributed by atoms with Crippen LogP contribution in [-0.2, 0) is 19.1 Å². The number of ether oxygens (including phenoxy) is 2. The molecule has 1 aromatic carbocycles. The van der Waals surface area contributed by atoms with Crippen molar-refractivity contribution in [3.63, 3.8) is 0 Å². The minimum Gasteiger partial charge on any atom is -0.462 e. The number of allylic oxidation sites excluding steroid dienone is 2. The molecular formula is C20H22O6. The monoisotopic (exact) mass is 358 g/mol. The molecule has 0 spiro atoms. The average molecular weight is 358 g/mol. The standard InChI is InChI=1S/C20H22O6/c1-3-17(21)10-6-12-25-19(23)15-8-5-9-16(14-15)20(24)26-13-7-11-18(22)4-2/h3-5,8-9,14H,1-2,6-7,10-13H2. The number of hydrogen-bond donors (Lipinski definition) is 0. The van der Waals surface area contributed by atoms with Crippen LogP contribution in [0.5, 0.6) is 0 Å². The van der Waals surface area contributed by atoms with Gasteiger partial charge in [0.05, 0.1) is 24.3 Å². The third kappa shape index (κ3) is 7.70.